The summed E-state index contributed by atoms with van der Waals surface area (Å²) in [6.45, 7) is 4.63. The number of nitriles is 1. The van der Waals surface area contributed by atoms with E-state index in [1.165, 1.54) is 12.0 Å². The van der Waals surface area contributed by atoms with Gasteiger partial charge < -0.3 is 14.8 Å². The van der Waals surface area contributed by atoms with Crippen LogP contribution >= 0.6 is 0 Å². The summed E-state index contributed by atoms with van der Waals surface area (Å²) < 4.78 is 11.4. The molecule has 0 aliphatic heterocycles. The van der Waals surface area contributed by atoms with Crippen molar-refractivity contribution in [2.24, 2.45) is 5.92 Å². The number of hydrogen-bond acceptors (Lipinski definition) is 4. The lowest BCUT2D eigenvalue weighted by atomic mass is 9.86. The third-order valence-electron chi connectivity index (χ3n) is 5.77. The average molecular weight is 419 g/mol. The van der Waals surface area contributed by atoms with E-state index in [1.54, 1.807) is 25.3 Å². The third-order valence-corrected chi connectivity index (χ3v) is 5.77. The highest BCUT2D eigenvalue weighted by atomic mass is 16.5. The fraction of sp³-hybridized carbons (Fsp3) is 0.385. The van der Waals surface area contributed by atoms with Crippen molar-refractivity contribution in [1.82, 2.24) is 5.32 Å². The van der Waals surface area contributed by atoms with E-state index >= 15 is 0 Å². The van der Waals surface area contributed by atoms with Crippen molar-refractivity contribution >= 4 is 12.0 Å². The van der Waals surface area contributed by atoms with Gasteiger partial charge in [-0.05, 0) is 55.0 Å². The van der Waals surface area contributed by atoms with Crippen LogP contribution in [0.3, 0.4) is 0 Å². The molecule has 0 spiro atoms. The summed E-state index contributed by atoms with van der Waals surface area (Å²) in [5, 5.41) is 12.6. The monoisotopic (exact) mass is 418 g/mol. The molecular weight excluding hydrogens is 388 g/mol. The van der Waals surface area contributed by atoms with E-state index in [-0.39, 0.29) is 17.5 Å². The summed E-state index contributed by atoms with van der Waals surface area (Å²) >= 11 is 0. The number of benzene rings is 2. The Bertz CT molecular complexity index is 990. The van der Waals surface area contributed by atoms with Gasteiger partial charge in [-0.2, -0.15) is 5.26 Å². The zero-order chi connectivity index (χ0) is 22.2. The predicted molar refractivity (Wildman–Crippen MR) is 122 cm³/mol. The van der Waals surface area contributed by atoms with Crippen LogP contribution in [0, 0.1) is 24.2 Å². The van der Waals surface area contributed by atoms with Gasteiger partial charge in [-0.3, -0.25) is 4.79 Å². The molecule has 1 aliphatic rings. The first-order chi connectivity index (χ1) is 15.0. The van der Waals surface area contributed by atoms with E-state index in [9.17, 15) is 10.1 Å². The van der Waals surface area contributed by atoms with E-state index in [2.05, 4.69) is 18.3 Å². The fourth-order valence-corrected chi connectivity index (χ4v) is 3.95. The quantitative estimate of drug-likeness (QED) is 0.496. The van der Waals surface area contributed by atoms with Crippen LogP contribution in [-0.2, 0) is 11.4 Å². The molecule has 1 N–H and O–H groups in total. The Morgan fingerprint density at radius 1 is 1.19 bits per heavy atom. The molecule has 0 heterocycles. The third kappa shape index (κ3) is 6.11. The smallest absolute Gasteiger partial charge is 0.262 e. The van der Waals surface area contributed by atoms with Gasteiger partial charge in [-0.15, -0.1) is 0 Å². The van der Waals surface area contributed by atoms with Gasteiger partial charge in [0, 0.05) is 6.04 Å². The number of ether oxygens (including phenoxy) is 2. The zero-order valence-corrected chi connectivity index (χ0v) is 18.5. The lowest BCUT2D eigenvalue weighted by molar-refractivity contribution is -0.118. The van der Waals surface area contributed by atoms with Gasteiger partial charge in [-0.1, -0.05) is 55.7 Å². The number of aryl methyl sites for hydroxylation is 1. The SMILES string of the molecule is COc1cc(/C=C(\C#N)C(=O)NC2CCCCC2C)ccc1OCc1cccc(C)c1. The van der Waals surface area contributed by atoms with Crippen LogP contribution in [0.25, 0.3) is 6.08 Å². The summed E-state index contributed by atoms with van der Waals surface area (Å²) in [5.74, 6) is 1.28. The molecule has 0 radical (unpaired) electrons. The molecule has 3 rings (SSSR count). The van der Waals surface area contributed by atoms with Crippen molar-refractivity contribution in [2.75, 3.05) is 7.11 Å². The molecular formula is C26H30N2O3. The van der Waals surface area contributed by atoms with Gasteiger partial charge in [0.25, 0.3) is 5.91 Å². The van der Waals surface area contributed by atoms with Crippen molar-refractivity contribution in [3.63, 3.8) is 0 Å². The fourth-order valence-electron chi connectivity index (χ4n) is 3.95. The van der Waals surface area contributed by atoms with Crippen LogP contribution in [-0.4, -0.2) is 19.1 Å². The Kier molecular flexibility index (Phi) is 7.72. The molecule has 5 nitrogen and oxygen atoms in total. The topological polar surface area (TPSA) is 71.3 Å². The Hall–Kier alpha value is -3.26. The van der Waals surface area contributed by atoms with Crippen LogP contribution in [0.4, 0.5) is 0 Å². The molecule has 2 aromatic rings. The van der Waals surface area contributed by atoms with Crippen molar-refractivity contribution in [2.45, 2.75) is 52.2 Å². The lowest BCUT2D eigenvalue weighted by Gasteiger charge is -2.29. The second kappa shape index (κ2) is 10.7. The molecule has 0 bridgehead atoms. The number of methoxy groups -OCH3 is 1. The predicted octanol–water partition coefficient (Wildman–Crippen LogP) is 5.18. The average Bonchev–Trinajstić information content (AvgIpc) is 2.77. The number of carbonyl (C=O) groups excluding carboxylic acids is 1. The summed E-state index contributed by atoms with van der Waals surface area (Å²) in [4.78, 5) is 12.6. The first-order valence-corrected chi connectivity index (χ1v) is 10.8. The molecule has 2 unspecified atom stereocenters. The lowest BCUT2D eigenvalue weighted by Crippen LogP contribution is -2.41. The van der Waals surface area contributed by atoms with E-state index in [1.807, 2.05) is 37.3 Å². The van der Waals surface area contributed by atoms with Crippen LogP contribution in [0.2, 0.25) is 0 Å². The largest absolute Gasteiger partial charge is 0.493 e. The molecule has 1 saturated carbocycles. The Labute approximate surface area is 184 Å². The molecule has 2 aromatic carbocycles. The second-order valence-corrected chi connectivity index (χ2v) is 8.20. The van der Waals surface area contributed by atoms with Gasteiger partial charge in [0.1, 0.15) is 18.2 Å². The Balaban J connectivity index is 1.71. The van der Waals surface area contributed by atoms with Gasteiger partial charge in [0.15, 0.2) is 11.5 Å². The molecule has 2 atom stereocenters. The molecule has 1 aliphatic carbocycles. The van der Waals surface area contributed by atoms with Gasteiger partial charge >= 0.3 is 0 Å². The maximum atomic E-state index is 12.6. The summed E-state index contributed by atoms with van der Waals surface area (Å²) in [6.07, 6.45) is 5.98. The summed E-state index contributed by atoms with van der Waals surface area (Å²) in [6, 6.07) is 15.7. The van der Waals surface area contributed by atoms with Crippen molar-refractivity contribution < 1.29 is 14.3 Å². The highest BCUT2D eigenvalue weighted by molar-refractivity contribution is 6.01. The van der Waals surface area contributed by atoms with Crippen LogP contribution in [0.15, 0.2) is 48.0 Å². The maximum absolute atomic E-state index is 12.6. The van der Waals surface area contributed by atoms with Crippen LogP contribution < -0.4 is 14.8 Å². The van der Waals surface area contributed by atoms with Gasteiger partial charge in [0.05, 0.1) is 7.11 Å². The standard InChI is InChI=1S/C26H30N2O3/c1-18-7-6-9-21(13-18)17-31-24-12-11-20(15-25(24)30-3)14-22(16-27)26(29)28-23-10-5-4-8-19(23)2/h6-7,9,11-15,19,23H,4-5,8,10,17H2,1-3H3,(H,28,29)/b22-14+. The minimum absolute atomic E-state index is 0.0910. The summed E-state index contributed by atoms with van der Waals surface area (Å²) in [7, 11) is 1.57. The number of carbonyl (C=O) groups is 1. The number of hydrogen-bond donors (Lipinski definition) is 1. The molecule has 1 amide bonds. The minimum atomic E-state index is -0.319. The number of amides is 1. The van der Waals surface area contributed by atoms with E-state index in [0.717, 1.165) is 24.8 Å². The molecule has 0 aromatic heterocycles. The molecule has 162 valence electrons. The maximum Gasteiger partial charge on any atom is 0.262 e. The van der Waals surface area contributed by atoms with Crippen molar-refractivity contribution in [3.05, 3.63) is 64.7 Å². The van der Waals surface area contributed by atoms with E-state index in [0.29, 0.717) is 29.6 Å². The first kappa shape index (κ1) is 22.4. The van der Waals surface area contributed by atoms with Crippen molar-refractivity contribution in [1.29, 1.82) is 5.26 Å². The Morgan fingerprint density at radius 3 is 2.71 bits per heavy atom. The number of rotatable bonds is 7. The zero-order valence-electron chi connectivity index (χ0n) is 18.5. The molecule has 1 fully saturated rings. The number of nitrogens with one attached hydrogen (secondary N) is 1. The van der Waals surface area contributed by atoms with Gasteiger partial charge in [0.2, 0.25) is 0 Å². The van der Waals surface area contributed by atoms with Crippen LogP contribution in [0.5, 0.6) is 11.5 Å². The van der Waals surface area contributed by atoms with Crippen molar-refractivity contribution in [3.8, 4) is 17.6 Å². The van der Waals surface area contributed by atoms with Crippen LogP contribution in [0.1, 0.15) is 49.3 Å². The highest BCUT2D eigenvalue weighted by Gasteiger charge is 2.24. The highest BCUT2D eigenvalue weighted by Crippen LogP contribution is 2.30. The van der Waals surface area contributed by atoms with E-state index in [4.69, 9.17) is 9.47 Å². The summed E-state index contributed by atoms with van der Waals surface area (Å²) in [5.41, 5.74) is 3.06. The number of nitrogens with zero attached hydrogens (tertiary/aromatic N) is 1. The first-order valence-electron chi connectivity index (χ1n) is 10.8. The normalized spacial score (nSPS) is 18.7. The second-order valence-electron chi connectivity index (χ2n) is 8.20. The van der Waals surface area contributed by atoms with E-state index < -0.39 is 0 Å². The van der Waals surface area contributed by atoms with Gasteiger partial charge in [-0.25, -0.2) is 0 Å². The Morgan fingerprint density at radius 2 is 2.00 bits per heavy atom. The minimum Gasteiger partial charge on any atom is -0.493 e. The molecule has 0 saturated heterocycles. The molecule has 5 heteroatoms. The molecule has 31 heavy (non-hydrogen) atoms.